The molecule has 25 heavy (non-hydrogen) atoms. The molecule has 1 saturated heterocycles. The van der Waals surface area contributed by atoms with Crippen LogP contribution in [0.15, 0.2) is 29.4 Å². The van der Waals surface area contributed by atoms with Crippen LogP contribution in [0, 0.1) is 11.8 Å². The zero-order valence-electron chi connectivity index (χ0n) is 15.7. The monoisotopic (exact) mass is 363 g/mol. The molecule has 0 spiro atoms. The predicted octanol–water partition coefficient (Wildman–Crippen LogP) is 4.42. The standard InChI is InChI=1S/C18H29N3O3Si/c1-12-13(2)18(24-25(3,4)5)17(11-22)23-16(12)10-14-6-8-15(9-7-14)20-21-19/h6-9,12-13,16-18,22H,10-11H2,1-5H3/t12-,13+,16+,17+,18-/m0/s1. The van der Waals surface area contributed by atoms with Crippen LogP contribution in [0.4, 0.5) is 5.69 Å². The second-order valence-electron chi connectivity index (χ2n) is 7.87. The number of nitrogens with zero attached hydrogens (tertiary/aromatic N) is 3. The molecule has 6 nitrogen and oxygen atoms in total. The molecule has 138 valence electrons. The molecular formula is C18H29N3O3Si. The smallest absolute Gasteiger partial charge is 0.184 e. The molecule has 5 atom stereocenters. The van der Waals surface area contributed by atoms with Crippen LogP contribution in [-0.2, 0) is 15.6 Å². The van der Waals surface area contributed by atoms with Crippen molar-refractivity contribution in [2.75, 3.05) is 6.61 Å². The summed E-state index contributed by atoms with van der Waals surface area (Å²) in [5.41, 5.74) is 10.2. The topological polar surface area (TPSA) is 87.5 Å². The number of azide groups is 1. The number of ether oxygens (including phenoxy) is 1. The third-order valence-electron chi connectivity index (χ3n) is 4.85. The number of aliphatic hydroxyl groups is 1. The molecule has 1 aromatic rings. The fourth-order valence-corrected chi connectivity index (χ4v) is 4.54. The van der Waals surface area contributed by atoms with E-state index in [1.54, 1.807) is 0 Å². The van der Waals surface area contributed by atoms with Gasteiger partial charge in [-0.1, -0.05) is 43.2 Å². The van der Waals surface area contributed by atoms with Crippen molar-refractivity contribution in [3.8, 4) is 0 Å². The van der Waals surface area contributed by atoms with E-state index in [2.05, 4.69) is 43.5 Å². The predicted molar refractivity (Wildman–Crippen MR) is 101 cm³/mol. The number of hydrogen-bond acceptors (Lipinski definition) is 4. The Hall–Kier alpha value is -1.37. The lowest BCUT2D eigenvalue weighted by Gasteiger charge is -2.46. The Morgan fingerprint density at radius 2 is 1.80 bits per heavy atom. The first-order valence-corrected chi connectivity index (χ1v) is 12.2. The Kier molecular flexibility index (Phi) is 6.65. The van der Waals surface area contributed by atoms with Gasteiger partial charge in [0.05, 0.1) is 18.8 Å². The molecular weight excluding hydrogens is 334 g/mol. The lowest BCUT2D eigenvalue weighted by Crippen LogP contribution is -2.55. The summed E-state index contributed by atoms with van der Waals surface area (Å²) < 4.78 is 12.5. The molecule has 0 bridgehead atoms. The van der Waals surface area contributed by atoms with Crippen molar-refractivity contribution < 1.29 is 14.3 Å². The molecule has 1 heterocycles. The fourth-order valence-electron chi connectivity index (χ4n) is 3.36. The highest BCUT2D eigenvalue weighted by molar-refractivity contribution is 6.69. The lowest BCUT2D eigenvalue weighted by molar-refractivity contribution is -0.173. The van der Waals surface area contributed by atoms with Crippen LogP contribution in [0.1, 0.15) is 19.4 Å². The molecule has 2 rings (SSSR count). The van der Waals surface area contributed by atoms with Crippen molar-refractivity contribution in [2.24, 2.45) is 17.0 Å². The van der Waals surface area contributed by atoms with Crippen LogP contribution in [0.3, 0.4) is 0 Å². The molecule has 1 aromatic carbocycles. The second-order valence-corrected chi connectivity index (χ2v) is 12.3. The summed E-state index contributed by atoms with van der Waals surface area (Å²) in [6.07, 6.45) is 0.442. The van der Waals surface area contributed by atoms with E-state index in [0.717, 1.165) is 12.0 Å². The van der Waals surface area contributed by atoms with Crippen molar-refractivity contribution in [2.45, 2.75) is 58.2 Å². The van der Waals surface area contributed by atoms with Gasteiger partial charge in [0.15, 0.2) is 8.32 Å². The minimum absolute atomic E-state index is 0.0268. The molecule has 0 unspecified atom stereocenters. The molecule has 7 heteroatoms. The van der Waals surface area contributed by atoms with Crippen molar-refractivity contribution >= 4 is 14.0 Å². The minimum Gasteiger partial charge on any atom is -0.412 e. The molecule has 1 N–H and O–H groups in total. The largest absolute Gasteiger partial charge is 0.412 e. The summed E-state index contributed by atoms with van der Waals surface area (Å²) >= 11 is 0. The van der Waals surface area contributed by atoms with Gasteiger partial charge in [-0.3, -0.25) is 0 Å². The summed E-state index contributed by atoms with van der Waals surface area (Å²) in [5, 5.41) is 13.4. The Morgan fingerprint density at radius 1 is 1.16 bits per heavy atom. The zero-order valence-corrected chi connectivity index (χ0v) is 16.7. The van der Waals surface area contributed by atoms with Gasteiger partial charge in [-0.15, -0.1) is 0 Å². The quantitative estimate of drug-likeness (QED) is 0.351. The third kappa shape index (κ3) is 5.30. The molecule has 0 aliphatic carbocycles. The highest BCUT2D eigenvalue weighted by Crippen LogP contribution is 2.35. The van der Waals surface area contributed by atoms with Gasteiger partial charge in [0.25, 0.3) is 0 Å². The van der Waals surface area contributed by atoms with E-state index in [9.17, 15) is 5.11 Å². The van der Waals surface area contributed by atoms with Gasteiger partial charge in [0.1, 0.15) is 6.10 Å². The molecule has 0 amide bonds. The van der Waals surface area contributed by atoms with Gasteiger partial charge in [-0.05, 0) is 49.0 Å². The van der Waals surface area contributed by atoms with Crippen LogP contribution in [0.5, 0.6) is 0 Å². The molecule has 0 saturated carbocycles. The van der Waals surface area contributed by atoms with Crippen LogP contribution < -0.4 is 0 Å². The average molecular weight is 364 g/mol. The van der Waals surface area contributed by atoms with E-state index in [1.165, 1.54) is 0 Å². The van der Waals surface area contributed by atoms with Crippen LogP contribution in [-0.4, -0.2) is 38.3 Å². The van der Waals surface area contributed by atoms with Gasteiger partial charge in [-0.25, -0.2) is 0 Å². The van der Waals surface area contributed by atoms with Crippen LogP contribution in [0.25, 0.3) is 10.4 Å². The first-order chi connectivity index (χ1) is 11.7. The van der Waals surface area contributed by atoms with Crippen molar-refractivity contribution in [1.82, 2.24) is 0 Å². The molecule has 1 aliphatic rings. The van der Waals surface area contributed by atoms with Crippen LogP contribution in [0.2, 0.25) is 19.6 Å². The Bertz CT molecular complexity index is 609. The van der Waals surface area contributed by atoms with E-state index >= 15 is 0 Å². The Morgan fingerprint density at radius 3 is 2.32 bits per heavy atom. The Balaban J connectivity index is 2.11. The van der Waals surface area contributed by atoms with Crippen molar-refractivity contribution in [1.29, 1.82) is 0 Å². The summed E-state index contributed by atoms with van der Waals surface area (Å²) in [6, 6.07) is 7.55. The average Bonchev–Trinajstić information content (AvgIpc) is 2.55. The Labute approximate surface area is 150 Å². The van der Waals surface area contributed by atoms with Crippen LogP contribution >= 0.6 is 0 Å². The van der Waals surface area contributed by atoms with Gasteiger partial charge in [0, 0.05) is 10.6 Å². The van der Waals surface area contributed by atoms with Gasteiger partial charge < -0.3 is 14.3 Å². The number of aliphatic hydroxyl groups excluding tert-OH is 1. The zero-order chi connectivity index (χ0) is 18.6. The lowest BCUT2D eigenvalue weighted by atomic mass is 9.79. The minimum atomic E-state index is -1.72. The maximum absolute atomic E-state index is 9.81. The number of benzene rings is 1. The fraction of sp³-hybridized carbons (Fsp3) is 0.667. The molecule has 0 radical (unpaired) electrons. The van der Waals surface area contributed by atoms with Gasteiger partial charge in [-0.2, -0.15) is 0 Å². The van der Waals surface area contributed by atoms with E-state index in [1.807, 2.05) is 24.3 Å². The highest BCUT2D eigenvalue weighted by atomic mass is 28.4. The summed E-state index contributed by atoms with van der Waals surface area (Å²) in [4.78, 5) is 2.79. The van der Waals surface area contributed by atoms with E-state index < -0.39 is 8.32 Å². The SMILES string of the molecule is C[C@@H]1[C@H](C)[C@@H](Cc2ccc(N=[N+]=[N-])cc2)O[C@H](CO)[C@H]1O[Si](C)(C)C. The molecule has 1 fully saturated rings. The second kappa shape index (κ2) is 8.34. The number of hydrogen-bond donors (Lipinski definition) is 1. The van der Waals surface area contributed by atoms with Crippen molar-refractivity contribution in [3.05, 3.63) is 40.3 Å². The third-order valence-corrected chi connectivity index (χ3v) is 5.83. The maximum atomic E-state index is 9.81. The van der Waals surface area contributed by atoms with E-state index in [4.69, 9.17) is 14.7 Å². The van der Waals surface area contributed by atoms with Crippen molar-refractivity contribution in [3.63, 3.8) is 0 Å². The summed E-state index contributed by atoms with van der Waals surface area (Å²) in [7, 11) is -1.72. The first kappa shape index (κ1) is 19.9. The van der Waals surface area contributed by atoms with E-state index in [0.29, 0.717) is 17.5 Å². The summed E-state index contributed by atoms with van der Waals surface area (Å²) in [5.74, 6) is 0.631. The first-order valence-electron chi connectivity index (χ1n) is 8.83. The maximum Gasteiger partial charge on any atom is 0.184 e. The highest BCUT2D eigenvalue weighted by Gasteiger charge is 2.43. The number of rotatable bonds is 6. The molecule has 0 aromatic heterocycles. The van der Waals surface area contributed by atoms with Gasteiger partial charge >= 0.3 is 0 Å². The van der Waals surface area contributed by atoms with Gasteiger partial charge in [0.2, 0.25) is 0 Å². The summed E-state index contributed by atoms with van der Waals surface area (Å²) in [6.45, 7) is 10.8. The normalized spacial score (nSPS) is 29.9. The van der Waals surface area contributed by atoms with E-state index in [-0.39, 0.29) is 24.9 Å². The molecule has 1 aliphatic heterocycles.